The number of carbonyl (C=O) groups excluding carboxylic acids is 2. The van der Waals surface area contributed by atoms with E-state index in [4.69, 9.17) is 4.74 Å². The van der Waals surface area contributed by atoms with Crippen molar-refractivity contribution in [3.63, 3.8) is 0 Å². The molecule has 0 aliphatic rings. The molecule has 0 radical (unpaired) electrons. The Kier molecular flexibility index (Phi) is 11.9. The summed E-state index contributed by atoms with van der Waals surface area (Å²) in [4.78, 5) is 28.1. The lowest BCUT2D eigenvalue weighted by Crippen LogP contribution is -2.50. The van der Waals surface area contributed by atoms with Crippen LogP contribution in [-0.4, -0.2) is 64.2 Å². The third kappa shape index (κ3) is 9.72. The second-order valence-electron chi connectivity index (χ2n) is 9.53. The molecule has 0 fully saturated rings. The number of methoxy groups -OCH3 is 1. The van der Waals surface area contributed by atoms with E-state index in [0.29, 0.717) is 49.7 Å². The van der Waals surface area contributed by atoms with Crippen LogP contribution in [0.5, 0.6) is 5.75 Å². The summed E-state index contributed by atoms with van der Waals surface area (Å²) in [5.74, 6) is 0.523. The molecule has 204 valence electrons. The van der Waals surface area contributed by atoms with Gasteiger partial charge in [-0.15, -0.1) is 0 Å². The van der Waals surface area contributed by atoms with Crippen molar-refractivity contribution in [3.05, 3.63) is 60.2 Å². The van der Waals surface area contributed by atoms with Crippen LogP contribution in [0.3, 0.4) is 0 Å². The maximum atomic E-state index is 13.4. The van der Waals surface area contributed by atoms with Crippen LogP contribution in [0.25, 0.3) is 0 Å². The lowest BCUT2D eigenvalue weighted by molar-refractivity contribution is -0.140. The average Bonchev–Trinajstić information content (AvgIpc) is 2.87. The molecule has 0 aromatic heterocycles. The number of hydrogen-bond acceptors (Lipinski definition) is 5. The predicted molar refractivity (Wildman–Crippen MR) is 148 cm³/mol. The minimum atomic E-state index is -3.57. The highest BCUT2D eigenvalue weighted by Gasteiger charge is 2.28. The van der Waals surface area contributed by atoms with Crippen molar-refractivity contribution in [2.45, 2.75) is 52.5 Å². The molecule has 1 N–H and O–H groups in total. The normalized spacial score (nSPS) is 12.2. The fourth-order valence-corrected chi connectivity index (χ4v) is 5.05. The Balaban J connectivity index is 2.16. The fraction of sp³-hybridized carbons (Fsp3) is 0.500. The van der Waals surface area contributed by atoms with Crippen LogP contribution in [0.4, 0.5) is 5.69 Å². The van der Waals surface area contributed by atoms with Crippen molar-refractivity contribution >= 4 is 27.5 Å². The van der Waals surface area contributed by atoms with E-state index < -0.39 is 16.1 Å². The van der Waals surface area contributed by atoms with Crippen LogP contribution in [-0.2, 0) is 26.0 Å². The van der Waals surface area contributed by atoms with Crippen molar-refractivity contribution in [2.75, 3.05) is 37.3 Å². The second kappa shape index (κ2) is 14.6. The number of nitrogens with zero attached hydrogens (tertiary/aromatic N) is 2. The zero-order valence-corrected chi connectivity index (χ0v) is 23.5. The molecular weight excluding hydrogens is 490 g/mol. The highest BCUT2D eigenvalue weighted by Crippen LogP contribution is 2.24. The number of ether oxygens (including phenoxy) is 1. The van der Waals surface area contributed by atoms with E-state index in [0.717, 1.165) is 11.8 Å². The van der Waals surface area contributed by atoms with E-state index in [1.54, 1.807) is 29.2 Å². The second-order valence-corrected chi connectivity index (χ2v) is 11.4. The van der Waals surface area contributed by atoms with Crippen molar-refractivity contribution < 1.29 is 22.7 Å². The lowest BCUT2D eigenvalue weighted by atomic mass is 10.1. The third-order valence-corrected chi connectivity index (χ3v) is 7.24. The minimum Gasteiger partial charge on any atom is -0.497 e. The predicted octanol–water partition coefficient (Wildman–Crippen LogP) is 3.86. The Morgan fingerprint density at radius 3 is 2.32 bits per heavy atom. The summed E-state index contributed by atoms with van der Waals surface area (Å²) in [5.41, 5.74) is 1.56. The molecule has 0 saturated carbocycles. The zero-order chi connectivity index (χ0) is 27.4. The molecule has 0 heterocycles. The fourth-order valence-electron chi connectivity index (χ4n) is 4.09. The molecule has 2 aromatic carbocycles. The van der Waals surface area contributed by atoms with Crippen LogP contribution in [0, 0.1) is 5.92 Å². The first-order valence-electron chi connectivity index (χ1n) is 12.8. The number of hydrogen-bond donors (Lipinski definition) is 1. The number of rotatable bonds is 15. The van der Waals surface area contributed by atoms with E-state index in [-0.39, 0.29) is 24.8 Å². The standard InChI is InChI=1S/C28H41N3O5S/c1-6-26(28(33)29-21-22(2)3)30(19-17-23-12-8-7-9-13-23)27(32)16-11-18-31(37(5,34)35)24-14-10-15-25(20-24)36-4/h7-10,12-15,20,22,26H,6,11,16-19,21H2,1-5H3,(H,29,33)/t26-/m1/s1. The average molecular weight is 532 g/mol. The van der Waals surface area contributed by atoms with Crippen molar-refractivity contribution in [1.29, 1.82) is 0 Å². The Morgan fingerprint density at radius 2 is 1.73 bits per heavy atom. The van der Waals surface area contributed by atoms with Crippen LogP contribution in [0.1, 0.15) is 45.6 Å². The van der Waals surface area contributed by atoms with Gasteiger partial charge in [0.2, 0.25) is 21.8 Å². The number of nitrogens with one attached hydrogen (secondary N) is 1. The molecule has 1 atom stereocenters. The number of amides is 2. The van der Waals surface area contributed by atoms with Crippen molar-refractivity contribution in [1.82, 2.24) is 10.2 Å². The molecule has 0 unspecified atom stereocenters. The van der Waals surface area contributed by atoms with Gasteiger partial charge in [-0.3, -0.25) is 13.9 Å². The molecule has 2 amide bonds. The first-order chi connectivity index (χ1) is 17.6. The summed E-state index contributed by atoms with van der Waals surface area (Å²) in [6, 6.07) is 16.1. The maximum absolute atomic E-state index is 13.4. The molecule has 0 bridgehead atoms. The first-order valence-corrected chi connectivity index (χ1v) is 14.6. The van der Waals surface area contributed by atoms with Crippen molar-refractivity contribution in [3.8, 4) is 5.75 Å². The minimum absolute atomic E-state index is 0.124. The SMILES string of the molecule is CC[C@H](C(=O)NCC(C)C)N(CCc1ccccc1)C(=O)CCCN(c1cccc(OC)c1)S(C)(=O)=O. The summed E-state index contributed by atoms with van der Waals surface area (Å²) < 4.78 is 31.5. The lowest BCUT2D eigenvalue weighted by Gasteiger charge is -2.31. The van der Waals surface area contributed by atoms with E-state index >= 15 is 0 Å². The van der Waals surface area contributed by atoms with Crippen LogP contribution in [0.2, 0.25) is 0 Å². The molecule has 2 aromatic rings. The summed E-state index contributed by atoms with van der Waals surface area (Å²) >= 11 is 0. The van der Waals surface area contributed by atoms with Gasteiger partial charge in [-0.05, 0) is 42.9 Å². The number of carbonyl (C=O) groups is 2. The van der Waals surface area contributed by atoms with Crippen molar-refractivity contribution in [2.24, 2.45) is 5.92 Å². The van der Waals surface area contributed by atoms with Gasteiger partial charge >= 0.3 is 0 Å². The van der Waals surface area contributed by atoms with Crippen LogP contribution >= 0.6 is 0 Å². The van der Waals surface area contributed by atoms with Gasteiger partial charge in [0, 0.05) is 32.1 Å². The molecule has 8 nitrogen and oxygen atoms in total. The summed E-state index contributed by atoms with van der Waals surface area (Å²) in [6.07, 6.45) is 2.70. The molecule has 0 aliphatic carbocycles. The van der Waals surface area contributed by atoms with Crippen LogP contribution in [0.15, 0.2) is 54.6 Å². The molecule has 0 aliphatic heterocycles. The molecule has 37 heavy (non-hydrogen) atoms. The zero-order valence-electron chi connectivity index (χ0n) is 22.6. The van der Waals surface area contributed by atoms with Gasteiger partial charge in [0.05, 0.1) is 19.1 Å². The highest BCUT2D eigenvalue weighted by atomic mass is 32.2. The molecule has 9 heteroatoms. The molecule has 0 saturated heterocycles. The van der Waals surface area contributed by atoms with Crippen LogP contribution < -0.4 is 14.4 Å². The molecule has 2 rings (SSSR count). The summed E-state index contributed by atoms with van der Waals surface area (Å²) in [6.45, 7) is 7.03. The maximum Gasteiger partial charge on any atom is 0.242 e. The van der Waals surface area contributed by atoms with E-state index in [1.807, 2.05) is 51.1 Å². The van der Waals surface area contributed by atoms with Gasteiger partial charge in [-0.2, -0.15) is 0 Å². The van der Waals surface area contributed by atoms with Gasteiger partial charge in [-0.25, -0.2) is 8.42 Å². The monoisotopic (exact) mass is 531 g/mol. The molecular formula is C28H41N3O5S. The number of anilines is 1. The number of benzene rings is 2. The summed E-state index contributed by atoms with van der Waals surface area (Å²) in [7, 11) is -2.05. The Labute approximate surface area is 222 Å². The van der Waals surface area contributed by atoms with Gasteiger partial charge in [0.1, 0.15) is 11.8 Å². The van der Waals surface area contributed by atoms with Gasteiger partial charge in [-0.1, -0.05) is 57.2 Å². The highest BCUT2D eigenvalue weighted by molar-refractivity contribution is 7.92. The Hall–Kier alpha value is -3.07. The molecule has 0 spiro atoms. The van der Waals surface area contributed by atoms with E-state index in [9.17, 15) is 18.0 Å². The Bertz CT molecular complexity index is 1110. The van der Waals surface area contributed by atoms with Gasteiger partial charge < -0.3 is 15.0 Å². The topological polar surface area (TPSA) is 96.0 Å². The quantitative estimate of drug-likeness (QED) is 0.377. The first kappa shape index (κ1) is 30.2. The number of sulfonamides is 1. The van der Waals surface area contributed by atoms with E-state index in [1.165, 1.54) is 11.4 Å². The summed E-state index contributed by atoms with van der Waals surface area (Å²) in [5, 5.41) is 2.96. The Morgan fingerprint density at radius 1 is 1.03 bits per heavy atom. The third-order valence-electron chi connectivity index (χ3n) is 6.05. The van der Waals surface area contributed by atoms with E-state index in [2.05, 4.69) is 5.32 Å². The smallest absolute Gasteiger partial charge is 0.242 e. The van der Waals surface area contributed by atoms with Gasteiger partial charge in [0.15, 0.2) is 0 Å². The van der Waals surface area contributed by atoms with Gasteiger partial charge in [0.25, 0.3) is 0 Å². The largest absolute Gasteiger partial charge is 0.497 e.